The molecule has 0 spiro atoms. The number of anilines is 1. The molecule has 0 amide bonds. The van der Waals surface area contributed by atoms with Gasteiger partial charge in [0.25, 0.3) is 0 Å². The maximum absolute atomic E-state index is 6.05. The predicted molar refractivity (Wildman–Crippen MR) is 63.4 cm³/mol. The van der Waals surface area contributed by atoms with Gasteiger partial charge in [-0.1, -0.05) is 6.92 Å². The first-order valence-electron chi connectivity index (χ1n) is 5.42. The fourth-order valence-electron chi connectivity index (χ4n) is 2.35. The van der Waals surface area contributed by atoms with Crippen molar-refractivity contribution in [3.63, 3.8) is 0 Å². The van der Waals surface area contributed by atoms with E-state index in [1.165, 1.54) is 23.4 Å². The molecule has 4 heteroatoms. The van der Waals surface area contributed by atoms with Crippen molar-refractivity contribution in [2.75, 3.05) is 5.73 Å². The Bertz CT molecular complexity index is 523. The molecule has 0 aliphatic heterocycles. The Labute approximate surface area is 92.9 Å². The van der Waals surface area contributed by atoms with Gasteiger partial charge >= 0.3 is 0 Å². The third-order valence-electron chi connectivity index (χ3n) is 3.28. The van der Waals surface area contributed by atoms with Crippen LogP contribution in [-0.4, -0.2) is 9.38 Å². The normalized spacial score (nSPS) is 20.8. The summed E-state index contributed by atoms with van der Waals surface area (Å²) in [5.74, 6) is 1.64. The van der Waals surface area contributed by atoms with Crippen molar-refractivity contribution in [3.8, 4) is 0 Å². The lowest BCUT2D eigenvalue weighted by atomic mass is 9.93. The topological polar surface area (TPSA) is 43.3 Å². The number of imidazole rings is 1. The zero-order valence-corrected chi connectivity index (χ0v) is 9.90. The van der Waals surface area contributed by atoms with Crippen LogP contribution in [0.2, 0.25) is 0 Å². The number of aromatic nitrogens is 2. The molecular formula is C11H15N3S. The van der Waals surface area contributed by atoms with Gasteiger partial charge < -0.3 is 5.73 Å². The van der Waals surface area contributed by atoms with Crippen LogP contribution >= 0.6 is 11.3 Å². The molecule has 1 atom stereocenters. The van der Waals surface area contributed by atoms with E-state index in [0.29, 0.717) is 0 Å². The standard InChI is InChI=1S/C11H15N3S/c1-6-3-4-8-9(5-6)15-11-13-7(2)10(12)14(8)11/h6H,3-5,12H2,1-2H3. The predicted octanol–water partition coefficient (Wildman–Crippen LogP) is 2.41. The minimum Gasteiger partial charge on any atom is -0.383 e. The van der Waals surface area contributed by atoms with Gasteiger partial charge in [0.05, 0.1) is 5.69 Å². The Balaban J connectivity index is 2.26. The van der Waals surface area contributed by atoms with Crippen molar-refractivity contribution in [2.45, 2.75) is 33.1 Å². The Morgan fingerprint density at radius 2 is 2.33 bits per heavy atom. The third-order valence-corrected chi connectivity index (χ3v) is 4.39. The molecule has 0 fully saturated rings. The number of nitrogen functional groups attached to an aromatic ring is 1. The first-order chi connectivity index (χ1) is 7.16. The average molecular weight is 221 g/mol. The Hall–Kier alpha value is -1.03. The van der Waals surface area contributed by atoms with Crippen molar-refractivity contribution in [1.29, 1.82) is 0 Å². The van der Waals surface area contributed by atoms with Crippen molar-refractivity contribution >= 4 is 22.1 Å². The Morgan fingerprint density at radius 3 is 3.13 bits per heavy atom. The quantitative estimate of drug-likeness (QED) is 0.742. The van der Waals surface area contributed by atoms with E-state index >= 15 is 0 Å². The van der Waals surface area contributed by atoms with Crippen LogP contribution in [0.5, 0.6) is 0 Å². The van der Waals surface area contributed by atoms with E-state index in [1.807, 2.05) is 18.3 Å². The summed E-state index contributed by atoms with van der Waals surface area (Å²) < 4.78 is 2.15. The largest absolute Gasteiger partial charge is 0.383 e. The first kappa shape index (κ1) is 9.21. The maximum Gasteiger partial charge on any atom is 0.196 e. The molecule has 1 unspecified atom stereocenters. The van der Waals surface area contributed by atoms with Crippen LogP contribution in [0, 0.1) is 12.8 Å². The summed E-state index contributed by atoms with van der Waals surface area (Å²) >= 11 is 1.81. The van der Waals surface area contributed by atoms with Crippen LogP contribution in [0.1, 0.15) is 29.6 Å². The van der Waals surface area contributed by atoms with Crippen molar-refractivity contribution in [2.24, 2.45) is 5.92 Å². The monoisotopic (exact) mass is 221 g/mol. The molecule has 0 radical (unpaired) electrons. The highest BCUT2D eigenvalue weighted by Crippen LogP contribution is 2.34. The zero-order valence-electron chi connectivity index (χ0n) is 9.08. The highest BCUT2D eigenvalue weighted by Gasteiger charge is 2.22. The number of rotatable bonds is 0. The number of hydrogen-bond acceptors (Lipinski definition) is 3. The number of hydrogen-bond donors (Lipinski definition) is 1. The fourth-order valence-corrected chi connectivity index (χ4v) is 3.73. The summed E-state index contributed by atoms with van der Waals surface area (Å²) in [4.78, 5) is 7.06. The van der Waals surface area contributed by atoms with E-state index in [2.05, 4.69) is 16.3 Å². The number of nitrogens with zero attached hydrogens (tertiary/aromatic N) is 2. The van der Waals surface area contributed by atoms with E-state index in [4.69, 9.17) is 5.73 Å². The summed E-state index contributed by atoms with van der Waals surface area (Å²) in [6.45, 7) is 4.30. The van der Waals surface area contributed by atoms with Crippen LogP contribution in [0.3, 0.4) is 0 Å². The van der Waals surface area contributed by atoms with Gasteiger partial charge in [-0.05, 0) is 32.1 Å². The van der Waals surface area contributed by atoms with Gasteiger partial charge in [0, 0.05) is 10.6 Å². The van der Waals surface area contributed by atoms with Gasteiger partial charge in [-0.15, -0.1) is 11.3 Å². The molecule has 2 heterocycles. The van der Waals surface area contributed by atoms with Crippen LogP contribution in [0.4, 0.5) is 5.82 Å². The highest BCUT2D eigenvalue weighted by atomic mass is 32.1. The first-order valence-corrected chi connectivity index (χ1v) is 6.23. The van der Waals surface area contributed by atoms with Crippen molar-refractivity contribution < 1.29 is 0 Å². The highest BCUT2D eigenvalue weighted by molar-refractivity contribution is 7.17. The van der Waals surface area contributed by atoms with E-state index in [-0.39, 0.29) is 0 Å². The Kier molecular flexibility index (Phi) is 1.83. The molecule has 3 rings (SSSR count). The summed E-state index contributed by atoms with van der Waals surface area (Å²) in [6.07, 6.45) is 3.62. The smallest absolute Gasteiger partial charge is 0.196 e. The van der Waals surface area contributed by atoms with Gasteiger partial charge in [0.1, 0.15) is 5.82 Å². The lowest BCUT2D eigenvalue weighted by Crippen LogP contribution is -2.11. The molecule has 2 aromatic heterocycles. The minimum absolute atomic E-state index is 0.808. The summed E-state index contributed by atoms with van der Waals surface area (Å²) in [5, 5.41) is 0. The van der Waals surface area contributed by atoms with E-state index in [0.717, 1.165) is 28.8 Å². The molecule has 0 aromatic carbocycles. The van der Waals surface area contributed by atoms with Gasteiger partial charge in [0.2, 0.25) is 0 Å². The van der Waals surface area contributed by atoms with Gasteiger partial charge in [-0.2, -0.15) is 0 Å². The molecule has 0 bridgehead atoms. The van der Waals surface area contributed by atoms with E-state index in [1.54, 1.807) is 0 Å². The molecule has 15 heavy (non-hydrogen) atoms. The third kappa shape index (κ3) is 1.21. The van der Waals surface area contributed by atoms with Crippen LogP contribution < -0.4 is 5.73 Å². The van der Waals surface area contributed by atoms with Crippen molar-refractivity contribution in [1.82, 2.24) is 9.38 Å². The number of fused-ring (bicyclic) bond motifs is 3. The number of nitrogens with two attached hydrogens (primary N) is 1. The lowest BCUT2D eigenvalue weighted by Gasteiger charge is -2.17. The molecule has 1 aliphatic carbocycles. The molecule has 2 aromatic rings. The van der Waals surface area contributed by atoms with Gasteiger partial charge in [-0.3, -0.25) is 4.40 Å². The summed E-state index contributed by atoms with van der Waals surface area (Å²) in [6, 6.07) is 0. The lowest BCUT2D eigenvalue weighted by molar-refractivity contribution is 0.499. The molecule has 80 valence electrons. The molecule has 0 saturated heterocycles. The summed E-state index contributed by atoms with van der Waals surface area (Å²) in [7, 11) is 0. The second kappa shape index (κ2) is 2.98. The van der Waals surface area contributed by atoms with Crippen LogP contribution in [0.25, 0.3) is 4.96 Å². The molecular weight excluding hydrogens is 206 g/mol. The van der Waals surface area contributed by atoms with E-state index < -0.39 is 0 Å². The SMILES string of the molecule is Cc1nc2sc3c(n2c1N)CCC(C)C3. The van der Waals surface area contributed by atoms with Crippen molar-refractivity contribution in [3.05, 3.63) is 16.3 Å². The molecule has 3 nitrogen and oxygen atoms in total. The molecule has 0 saturated carbocycles. The number of aryl methyl sites for hydroxylation is 2. The second-order valence-electron chi connectivity index (χ2n) is 4.52. The van der Waals surface area contributed by atoms with E-state index in [9.17, 15) is 0 Å². The minimum atomic E-state index is 0.808. The average Bonchev–Trinajstić information content (AvgIpc) is 2.64. The van der Waals surface area contributed by atoms with Gasteiger partial charge in [0.15, 0.2) is 4.96 Å². The number of thiazole rings is 1. The fraction of sp³-hybridized carbons (Fsp3) is 0.545. The molecule has 1 aliphatic rings. The van der Waals surface area contributed by atoms with Gasteiger partial charge in [-0.25, -0.2) is 4.98 Å². The maximum atomic E-state index is 6.05. The Morgan fingerprint density at radius 1 is 1.53 bits per heavy atom. The zero-order chi connectivity index (χ0) is 10.6. The van der Waals surface area contributed by atoms with Crippen LogP contribution in [-0.2, 0) is 12.8 Å². The summed E-state index contributed by atoms with van der Waals surface area (Å²) in [5.41, 5.74) is 8.42. The second-order valence-corrected chi connectivity index (χ2v) is 5.58. The van der Waals surface area contributed by atoms with Crippen LogP contribution in [0.15, 0.2) is 0 Å². The molecule has 2 N–H and O–H groups in total.